The van der Waals surface area contributed by atoms with Crippen LogP contribution in [0, 0.1) is 5.92 Å². The van der Waals surface area contributed by atoms with Gasteiger partial charge in [-0.3, -0.25) is 0 Å². The lowest BCUT2D eigenvalue weighted by molar-refractivity contribution is 0.0247. The van der Waals surface area contributed by atoms with Crippen LogP contribution in [0.1, 0.15) is 13.3 Å². The summed E-state index contributed by atoms with van der Waals surface area (Å²) in [4.78, 5) is 2.27. The zero-order valence-corrected chi connectivity index (χ0v) is 8.98. The predicted molar refractivity (Wildman–Crippen MR) is 56.1 cm³/mol. The molecule has 4 heteroatoms. The van der Waals surface area contributed by atoms with Gasteiger partial charge in [0.05, 0.1) is 12.7 Å². The summed E-state index contributed by atoms with van der Waals surface area (Å²) in [6.45, 7) is 6.62. The molecule has 2 unspecified atom stereocenters. The second-order valence-corrected chi connectivity index (χ2v) is 3.96. The molecule has 1 fully saturated rings. The highest BCUT2D eigenvalue weighted by atomic mass is 16.5. The van der Waals surface area contributed by atoms with Crippen LogP contribution >= 0.6 is 0 Å². The van der Waals surface area contributed by atoms with Crippen molar-refractivity contribution >= 4 is 0 Å². The molecule has 0 bridgehead atoms. The van der Waals surface area contributed by atoms with Crippen molar-refractivity contribution in [3.05, 3.63) is 0 Å². The molecule has 84 valence electrons. The predicted octanol–water partition coefficient (Wildman–Crippen LogP) is -0.336. The van der Waals surface area contributed by atoms with E-state index in [-0.39, 0.29) is 6.10 Å². The Balaban J connectivity index is 2.12. The van der Waals surface area contributed by atoms with Gasteiger partial charge in [-0.05, 0) is 32.4 Å². The first-order valence-electron chi connectivity index (χ1n) is 5.44. The third-order valence-corrected chi connectivity index (χ3v) is 2.69. The SMILES string of the molecule is CCOCC(O)CN1CCC(CN)C1. The summed E-state index contributed by atoms with van der Waals surface area (Å²) >= 11 is 0. The van der Waals surface area contributed by atoms with Crippen molar-refractivity contribution in [1.82, 2.24) is 4.90 Å². The minimum Gasteiger partial charge on any atom is -0.389 e. The molecule has 4 nitrogen and oxygen atoms in total. The van der Waals surface area contributed by atoms with Crippen LogP contribution in [0.4, 0.5) is 0 Å². The average Bonchev–Trinajstić information content (AvgIpc) is 2.62. The van der Waals surface area contributed by atoms with Gasteiger partial charge in [0.1, 0.15) is 0 Å². The third-order valence-electron chi connectivity index (χ3n) is 2.69. The van der Waals surface area contributed by atoms with Gasteiger partial charge in [0.2, 0.25) is 0 Å². The highest BCUT2D eigenvalue weighted by Crippen LogP contribution is 2.14. The van der Waals surface area contributed by atoms with E-state index in [0.717, 1.165) is 32.6 Å². The van der Waals surface area contributed by atoms with Crippen LogP contribution in [0.15, 0.2) is 0 Å². The van der Waals surface area contributed by atoms with Gasteiger partial charge in [-0.2, -0.15) is 0 Å². The van der Waals surface area contributed by atoms with Gasteiger partial charge in [-0.25, -0.2) is 0 Å². The van der Waals surface area contributed by atoms with E-state index in [1.165, 1.54) is 0 Å². The van der Waals surface area contributed by atoms with Crippen LogP contribution in [-0.2, 0) is 4.74 Å². The van der Waals surface area contributed by atoms with Gasteiger partial charge < -0.3 is 20.5 Å². The third kappa shape index (κ3) is 3.92. The van der Waals surface area contributed by atoms with Crippen molar-refractivity contribution in [3.8, 4) is 0 Å². The smallest absolute Gasteiger partial charge is 0.0900 e. The van der Waals surface area contributed by atoms with Crippen molar-refractivity contribution in [2.45, 2.75) is 19.4 Å². The fraction of sp³-hybridized carbons (Fsp3) is 1.00. The van der Waals surface area contributed by atoms with Crippen LogP contribution < -0.4 is 5.73 Å². The summed E-state index contributed by atoms with van der Waals surface area (Å²) in [5, 5.41) is 9.60. The fourth-order valence-corrected chi connectivity index (χ4v) is 1.88. The van der Waals surface area contributed by atoms with Gasteiger partial charge >= 0.3 is 0 Å². The molecule has 0 spiro atoms. The Morgan fingerprint density at radius 3 is 3.00 bits per heavy atom. The number of β-amino-alcohol motifs (C(OH)–C–C–N with tert-alkyl or cyclic N) is 1. The molecule has 2 atom stereocenters. The number of ether oxygens (including phenoxy) is 1. The van der Waals surface area contributed by atoms with E-state index in [1.807, 2.05) is 6.92 Å². The number of aliphatic hydroxyl groups is 1. The zero-order valence-electron chi connectivity index (χ0n) is 8.98. The van der Waals surface area contributed by atoms with E-state index < -0.39 is 0 Å². The van der Waals surface area contributed by atoms with Gasteiger partial charge in [0, 0.05) is 19.7 Å². The monoisotopic (exact) mass is 202 g/mol. The molecule has 14 heavy (non-hydrogen) atoms. The molecule has 1 saturated heterocycles. The molecule has 0 aromatic rings. The van der Waals surface area contributed by atoms with E-state index in [4.69, 9.17) is 10.5 Å². The number of hydrogen-bond acceptors (Lipinski definition) is 4. The maximum absolute atomic E-state index is 9.60. The molecule has 0 radical (unpaired) electrons. The van der Waals surface area contributed by atoms with Crippen molar-refractivity contribution in [1.29, 1.82) is 0 Å². The number of nitrogens with two attached hydrogens (primary N) is 1. The molecule has 1 aliphatic heterocycles. The normalized spacial score (nSPS) is 25.5. The van der Waals surface area contributed by atoms with Crippen LogP contribution in [0.5, 0.6) is 0 Å². The van der Waals surface area contributed by atoms with E-state index in [9.17, 15) is 5.11 Å². The molecule has 0 aromatic carbocycles. The number of hydrogen-bond donors (Lipinski definition) is 2. The number of likely N-dealkylation sites (tertiary alicyclic amines) is 1. The minimum atomic E-state index is -0.355. The Morgan fingerprint density at radius 2 is 2.43 bits per heavy atom. The van der Waals surface area contributed by atoms with Gasteiger partial charge in [0.15, 0.2) is 0 Å². The Bertz CT molecular complexity index is 155. The van der Waals surface area contributed by atoms with Crippen LogP contribution in [0.3, 0.4) is 0 Å². The summed E-state index contributed by atoms with van der Waals surface area (Å²) in [5.41, 5.74) is 5.59. The van der Waals surface area contributed by atoms with Crippen molar-refractivity contribution in [3.63, 3.8) is 0 Å². The standard InChI is InChI=1S/C10H22N2O2/c1-2-14-8-10(13)7-12-4-3-9(5-11)6-12/h9-10,13H,2-8,11H2,1H3. The summed E-state index contributed by atoms with van der Waals surface area (Å²) in [6, 6.07) is 0. The molecule has 0 aromatic heterocycles. The van der Waals surface area contributed by atoms with E-state index in [0.29, 0.717) is 19.1 Å². The average molecular weight is 202 g/mol. The van der Waals surface area contributed by atoms with Crippen molar-refractivity contribution in [2.24, 2.45) is 11.7 Å². The van der Waals surface area contributed by atoms with Crippen LogP contribution in [0.25, 0.3) is 0 Å². The molecule has 3 N–H and O–H groups in total. The van der Waals surface area contributed by atoms with Crippen molar-refractivity contribution < 1.29 is 9.84 Å². The first-order chi connectivity index (χ1) is 6.76. The molecule has 0 saturated carbocycles. The molecule has 0 amide bonds. The second-order valence-electron chi connectivity index (χ2n) is 3.96. The molecule has 1 heterocycles. The van der Waals surface area contributed by atoms with E-state index in [2.05, 4.69) is 4.90 Å². The lowest BCUT2D eigenvalue weighted by atomic mass is 10.1. The maximum atomic E-state index is 9.60. The maximum Gasteiger partial charge on any atom is 0.0900 e. The first kappa shape index (κ1) is 11.9. The Hall–Kier alpha value is -0.160. The lowest BCUT2D eigenvalue weighted by Gasteiger charge is -2.19. The van der Waals surface area contributed by atoms with Gasteiger partial charge in [0.25, 0.3) is 0 Å². The second kappa shape index (κ2) is 6.35. The number of nitrogens with zero attached hydrogens (tertiary/aromatic N) is 1. The van der Waals surface area contributed by atoms with E-state index >= 15 is 0 Å². The van der Waals surface area contributed by atoms with Crippen LogP contribution in [0.2, 0.25) is 0 Å². The summed E-state index contributed by atoms with van der Waals surface area (Å²) < 4.78 is 5.16. The summed E-state index contributed by atoms with van der Waals surface area (Å²) in [7, 11) is 0. The zero-order chi connectivity index (χ0) is 10.4. The van der Waals surface area contributed by atoms with Gasteiger partial charge in [-0.15, -0.1) is 0 Å². The highest BCUT2D eigenvalue weighted by molar-refractivity contribution is 4.77. The lowest BCUT2D eigenvalue weighted by Crippen LogP contribution is -2.34. The van der Waals surface area contributed by atoms with Crippen molar-refractivity contribution in [2.75, 3.05) is 39.4 Å². The van der Waals surface area contributed by atoms with Gasteiger partial charge in [-0.1, -0.05) is 0 Å². The fourth-order valence-electron chi connectivity index (χ4n) is 1.88. The first-order valence-corrected chi connectivity index (χ1v) is 5.44. The number of rotatable bonds is 6. The Kier molecular flexibility index (Phi) is 5.40. The molecular formula is C10H22N2O2. The minimum absolute atomic E-state index is 0.355. The Morgan fingerprint density at radius 1 is 1.64 bits per heavy atom. The molecular weight excluding hydrogens is 180 g/mol. The molecule has 0 aliphatic carbocycles. The Labute approximate surface area is 86.0 Å². The van der Waals surface area contributed by atoms with Crippen LogP contribution in [-0.4, -0.2) is 55.5 Å². The number of aliphatic hydroxyl groups excluding tert-OH is 1. The largest absolute Gasteiger partial charge is 0.389 e. The summed E-state index contributed by atoms with van der Waals surface area (Å²) in [6.07, 6.45) is 0.809. The topological polar surface area (TPSA) is 58.7 Å². The quantitative estimate of drug-likeness (QED) is 0.619. The highest BCUT2D eigenvalue weighted by Gasteiger charge is 2.22. The molecule has 1 aliphatic rings. The summed E-state index contributed by atoms with van der Waals surface area (Å²) in [5.74, 6) is 0.620. The van der Waals surface area contributed by atoms with E-state index in [1.54, 1.807) is 0 Å². The molecule has 1 rings (SSSR count).